The monoisotopic (exact) mass is 229 g/mol. The zero-order chi connectivity index (χ0) is 12.6. The van der Waals surface area contributed by atoms with Crippen molar-refractivity contribution in [3.05, 3.63) is 45.2 Å². The number of aryl methyl sites for hydroxylation is 3. The van der Waals surface area contributed by atoms with Crippen molar-refractivity contribution in [2.24, 2.45) is 0 Å². The molecular weight excluding hydrogens is 214 g/mol. The number of nitrogens with zero attached hydrogens (tertiary/aromatic N) is 1. The van der Waals surface area contributed by atoms with Crippen molar-refractivity contribution in [2.75, 3.05) is 5.73 Å². The molecule has 17 heavy (non-hydrogen) atoms. The minimum absolute atomic E-state index is 0.144. The predicted molar refractivity (Wildman–Crippen MR) is 68.9 cm³/mol. The van der Waals surface area contributed by atoms with Crippen LogP contribution in [0, 0.1) is 20.8 Å². The number of hydrogen-bond donors (Lipinski definition) is 2. The van der Waals surface area contributed by atoms with Crippen molar-refractivity contribution < 1.29 is 0 Å². The lowest BCUT2D eigenvalue weighted by molar-refractivity contribution is 1.13. The van der Waals surface area contributed by atoms with Crippen LogP contribution in [0.2, 0.25) is 0 Å². The van der Waals surface area contributed by atoms with Crippen LogP contribution in [0.3, 0.4) is 0 Å². The van der Waals surface area contributed by atoms with Crippen LogP contribution in [-0.4, -0.2) is 9.97 Å². The SMILES string of the molecule is Cc1cc(C)c(-c2cc(=O)[nH]c(N)n2)cc1C. The standard InChI is InChI=1S/C13H15N3O/c1-7-4-9(3)10(5-8(7)2)11-6-12(17)16-13(14)15-11/h4-6H,1-3H3,(H3,14,15,16,17). The number of anilines is 1. The first-order chi connectivity index (χ1) is 7.97. The van der Waals surface area contributed by atoms with Crippen LogP contribution >= 0.6 is 0 Å². The second kappa shape index (κ2) is 4.05. The summed E-state index contributed by atoms with van der Waals surface area (Å²) in [5.41, 5.74) is 10.4. The molecule has 0 fully saturated rings. The molecule has 0 aliphatic heterocycles. The highest BCUT2D eigenvalue weighted by Crippen LogP contribution is 2.24. The first-order valence-corrected chi connectivity index (χ1v) is 5.42. The molecule has 4 heteroatoms. The Hall–Kier alpha value is -2.10. The molecule has 88 valence electrons. The Labute approximate surface area is 99.5 Å². The lowest BCUT2D eigenvalue weighted by Gasteiger charge is -2.09. The van der Waals surface area contributed by atoms with Crippen molar-refractivity contribution in [2.45, 2.75) is 20.8 Å². The molecule has 0 spiro atoms. The predicted octanol–water partition coefficient (Wildman–Crippen LogP) is 1.94. The fourth-order valence-electron chi connectivity index (χ4n) is 1.85. The number of nitrogens with two attached hydrogens (primary N) is 1. The molecule has 0 saturated heterocycles. The van der Waals surface area contributed by atoms with Crippen LogP contribution < -0.4 is 11.3 Å². The van der Waals surface area contributed by atoms with Gasteiger partial charge in [0.1, 0.15) is 0 Å². The van der Waals surface area contributed by atoms with Crippen LogP contribution in [0.4, 0.5) is 5.95 Å². The first-order valence-electron chi connectivity index (χ1n) is 5.42. The van der Waals surface area contributed by atoms with Gasteiger partial charge in [0.05, 0.1) is 5.69 Å². The topological polar surface area (TPSA) is 71.8 Å². The number of H-pyrrole nitrogens is 1. The Kier molecular flexibility index (Phi) is 2.71. The van der Waals surface area contributed by atoms with E-state index in [1.807, 2.05) is 19.9 Å². The maximum Gasteiger partial charge on any atom is 0.252 e. The second-order valence-electron chi connectivity index (χ2n) is 4.27. The molecule has 0 aliphatic carbocycles. The Balaban J connectivity index is 2.68. The van der Waals surface area contributed by atoms with Crippen molar-refractivity contribution in [1.29, 1.82) is 0 Å². The highest BCUT2D eigenvalue weighted by Gasteiger charge is 2.07. The average Bonchev–Trinajstić information content (AvgIpc) is 2.22. The zero-order valence-electron chi connectivity index (χ0n) is 10.2. The summed E-state index contributed by atoms with van der Waals surface area (Å²) in [6.07, 6.45) is 0. The van der Waals surface area contributed by atoms with Crippen molar-refractivity contribution in [3.8, 4) is 11.3 Å². The van der Waals surface area contributed by atoms with Gasteiger partial charge in [0.25, 0.3) is 5.56 Å². The third kappa shape index (κ3) is 2.20. The molecule has 2 rings (SSSR count). The highest BCUT2D eigenvalue weighted by molar-refractivity contribution is 5.65. The molecule has 1 aromatic heterocycles. The molecule has 1 heterocycles. The van der Waals surface area contributed by atoms with Gasteiger partial charge in [-0.05, 0) is 43.5 Å². The molecule has 0 radical (unpaired) electrons. The van der Waals surface area contributed by atoms with Gasteiger partial charge in [0, 0.05) is 11.6 Å². The van der Waals surface area contributed by atoms with E-state index in [1.54, 1.807) is 0 Å². The summed E-state index contributed by atoms with van der Waals surface area (Å²) in [4.78, 5) is 18.0. The summed E-state index contributed by atoms with van der Waals surface area (Å²) in [6.45, 7) is 6.10. The summed E-state index contributed by atoms with van der Waals surface area (Å²) in [5, 5.41) is 0. The minimum Gasteiger partial charge on any atom is -0.369 e. The van der Waals surface area contributed by atoms with Crippen LogP contribution in [0.25, 0.3) is 11.3 Å². The second-order valence-corrected chi connectivity index (χ2v) is 4.27. The van der Waals surface area contributed by atoms with Crippen molar-refractivity contribution in [1.82, 2.24) is 9.97 Å². The van der Waals surface area contributed by atoms with E-state index in [1.165, 1.54) is 17.2 Å². The number of benzene rings is 1. The van der Waals surface area contributed by atoms with Gasteiger partial charge in [-0.25, -0.2) is 4.98 Å². The lowest BCUT2D eigenvalue weighted by atomic mass is 9.99. The Morgan fingerprint density at radius 2 is 1.71 bits per heavy atom. The van der Waals surface area contributed by atoms with Crippen molar-refractivity contribution >= 4 is 5.95 Å². The van der Waals surface area contributed by atoms with Gasteiger partial charge in [0.15, 0.2) is 0 Å². The van der Waals surface area contributed by atoms with E-state index in [9.17, 15) is 4.79 Å². The Bertz CT molecular complexity index is 629. The first kappa shape index (κ1) is 11.4. The molecule has 4 nitrogen and oxygen atoms in total. The number of nitrogen functional groups attached to an aromatic ring is 1. The van der Waals surface area contributed by atoms with Gasteiger partial charge >= 0.3 is 0 Å². The highest BCUT2D eigenvalue weighted by atomic mass is 16.1. The number of nitrogens with one attached hydrogen (secondary N) is 1. The summed E-state index contributed by atoms with van der Waals surface area (Å²) >= 11 is 0. The fourth-order valence-corrected chi connectivity index (χ4v) is 1.85. The molecule has 0 amide bonds. The minimum atomic E-state index is -0.231. The number of hydrogen-bond acceptors (Lipinski definition) is 3. The van der Waals surface area contributed by atoms with Crippen LogP contribution in [0.15, 0.2) is 23.0 Å². The summed E-state index contributed by atoms with van der Waals surface area (Å²) < 4.78 is 0. The van der Waals surface area contributed by atoms with E-state index >= 15 is 0 Å². The van der Waals surface area contributed by atoms with Gasteiger partial charge in [-0.3, -0.25) is 9.78 Å². The van der Waals surface area contributed by atoms with E-state index < -0.39 is 0 Å². The molecule has 0 atom stereocenters. The van der Waals surface area contributed by atoms with E-state index in [0.717, 1.165) is 11.1 Å². The average molecular weight is 229 g/mol. The van der Waals surface area contributed by atoms with Crippen LogP contribution in [0.1, 0.15) is 16.7 Å². The van der Waals surface area contributed by atoms with Gasteiger partial charge in [-0.2, -0.15) is 0 Å². The molecule has 0 saturated carbocycles. The Morgan fingerprint density at radius 3 is 2.35 bits per heavy atom. The molecule has 2 aromatic rings. The van der Waals surface area contributed by atoms with E-state index in [0.29, 0.717) is 5.69 Å². The van der Waals surface area contributed by atoms with E-state index in [4.69, 9.17) is 5.73 Å². The summed E-state index contributed by atoms with van der Waals surface area (Å²) in [7, 11) is 0. The fraction of sp³-hybridized carbons (Fsp3) is 0.231. The largest absolute Gasteiger partial charge is 0.369 e. The smallest absolute Gasteiger partial charge is 0.252 e. The number of aromatic amines is 1. The molecule has 1 aromatic carbocycles. The summed E-state index contributed by atoms with van der Waals surface area (Å²) in [5.74, 6) is 0.144. The quantitative estimate of drug-likeness (QED) is 0.785. The molecule has 3 N–H and O–H groups in total. The lowest BCUT2D eigenvalue weighted by Crippen LogP contribution is -2.10. The maximum absolute atomic E-state index is 11.4. The third-order valence-corrected chi connectivity index (χ3v) is 2.88. The summed E-state index contributed by atoms with van der Waals surface area (Å²) in [6, 6.07) is 5.59. The van der Waals surface area contributed by atoms with Crippen molar-refractivity contribution in [3.63, 3.8) is 0 Å². The van der Waals surface area contributed by atoms with Gasteiger partial charge in [-0.15, -0.1) is 0 Å². The molecule has 0 aliphatic rings. The normalized spacial score (nSPS) is 10.5. The van der Waals surface area contributed by atoms with Gasteiger partial charge < -0.3 is 5.73 Å². The van der Waals surface area contributed by atoms with Crippen LogP contribution in [-0.2, 0) is 0 Å². The number of aromatic nitrogens is 2. The zero-order valence-corrected chi connectivity index (χ0v) is 10.2. The Morgan fingerprint density at radius 1 is 1.06 bits per heavy atom. The maximum atomic E-state index is 11.4. The molecule has 0 unspecified atom stereocenters. The van der Waals surface area contributed by atoms with E-state index in [2.05, 4.69) is 23.0 Å². The van der Waals surface area contributed by atoms with E-state index in [-0.39, 0.29) is 11.5 Å². The van der Waals surface area contributed by atoms with Crippen LogP contribution in [0.5, 0.6) is 0 Å². The number of rotatable bonds is 1. The molecule has 0 bridgehead atoms. The van der Waals surface area contributed by atoms with Gasteiger partial charge in [-0.1, -0.05) is 6.07 Å². The van der Waals surface area contributed by atoms with Gasteiger partial charge in [0.2, 0.25) is 5.95 Å². The molecular formula is C13H15N3O. The third-order valence-electron chi connectivity index (χ3n) is 2.88.